The van der Waals surface area contributed by atoms with Gasteiger partial charge in [0, 0.05) is 32.0 Å². The van der Waals surface area contributed by atoms with E-state index < -0.39 is 84.0 Å². The minimum atomic E-state index is -8.71. The molecule has 6 nitrogen and oxygen atoms in total. The third-order valence-corrected chi connectivity index (χ3v) is 7.94. The molecule has 0 saturated carbocycles. The summed E-state index contributed by atoms with van der Waals surface area (Å²) < 4.78 is 240. The Hall–Kier alpha value is -3.43. The molecule has 0 aliphatic carbocycles. The van der Waals surface area contributed by atoms with Gasteiger partial charge >= 0.3 is 53.7 Å². The highest BCUT2D eigenvalue weighted by atomic mass is 19.4. The molecule has 0 atom stereocenters. The second-order valence-corrected chi connectivity index (χ2v) is 12.1. The van der Waals surface area contributed by atoms with Crippen molar-refractivity contribution in [3.63, 3.8) is 0 Å². The number of ether oxygens (including phenoxy) is 2. The predicted octanol–water partition coefficient (Wildman–Crippen LogP) is 8.73. The van der Waals surface area contributed by atoms with Gasteiger partial charge in [-0.3, -0.25) is 4.79 Å². The molecule has 23 heteroatoms. The zero-order valence-electron chi connectivity index (χ0n) is 26.3. The van der Waals surface area contributed by atoms with E-state index in [0.717, 1.165) is 24.3 Å². The third-order valence-electron chi connectivity index (χ3n) is 7.94. The van der Waals surface area contributed by atoms with E-state index in [0.29, 0.717) is 5.75 Å². The van der Waals surface area contributed by atoms with Gasteiger partial charge in [0.25, 0.3) is 0 Å². The van der Waals surface area contributed by atoms with Crippen molar-refractivity contribution < 1.29 is 93.7 Å². The van der Waals surface area contributed by atoms with Crippen molar-refractivity contribution in [3.8, 4) is 5.75 Å². The topological polar surface area (TPSA) is 67.9 Å². The van der Waals surface area contributed by atoms with Crippen molar-refractivity contribution in [2.75, 3.05) is 20.2 Å². The van der Waals surface area contributed by atoms with Crippen LogP contribution in [-0.4, -0.2) is 90.3 Å². The average Bonchev–Trinajstić information content (AvgIpc) is 3.01. The number of piperidine rings is 1. The highest BCUT2D eigenvalue weighted by molar-refractivity contribution is 5.79. The second-order valence-electron chi connectivity index (χ2n) is 12.1. The van der Waals surface area contributed by atoms with Gasteiger partial charge in [-0.1, -0.05) is 12.1 Å². The summed E-state index contributed by atoms with van der Waals surface area (Å²) in [5, 5.41) is 2.67. The van der Waals surface area contributed by atoms with Gasteiger partial charge in [-0.05, 0) is 50.8 Å². The van der Waals surface area contributed by atoms with E-state index in [9.17, 15) is 84.2 Å². The van der Waals surface area contributed by atoms with Crippen LogP contribution in [0.2, 0.25) is 0 Å². The summed E-state index contributed by atoms with van der Waals surface area (Å²) in [6, 6.07) is 6.67. The van der Waals surface area contributed by atoms with Crippen LogP contribution in [-0.2, 0) is 16.1 Å². The fraction of sp³-hybridized carbons (Fsp3) is 0.714. The number of amides is 2. The summed E-state index contributed by atoms with van der Waals surface area (Å²) in [5.74, 6) is -57.4. The first-order valence-electron chi connectivity index (χ1n) is 14.3. The number of alkyl halides is 17. The first kappa shape index (κ1) is 43.7. The zero-order valence-corrected chi connectivity index (χ0v) is 26.3. The molecular weight excluding hydrogens is 751 g/mol. The van der Waals surface area contributed by atoms with Crippen molar-refractivity contribution in [1.29, 1.82) is 0 Å². The van der Waals surface area contributed by atoms with Crippen LogP contribution in [0.5, 0.6) is 5.75 Å². The molecule has 0 bridgehead atoms. The molecule has 1 fully saturated rings. The van der Waals surface area contributed by atoms with Crippen LogP contribution in [0, 0.1) is 5.92 Å². The number of rotatable bonds is 14. The molecule has 0 radical (unpaired) electrons. The molecule has 0 spiro atoms. The highest BCUT2D eigenvalue weighted by Gasteiger charge is 2.95. The highest BCUT2D eigenvalue weighted by Crippen LogP contribution is 2.64. The summed E-state index contributed by atoms with van der Waals surface area (Å²) in [6.45, 7) is 1.21. The van der Waals surface area contributed by atoms with Crippen LogP contribution >= 0.6 is 0 Å². The van der Waals surface area contributed by atoms with Crippen LogP contribution < -0.4 is 10.1 Å². The van der Waals surface area contributed by atoms with Gasteiger partial charge in [-0.15, -0.1) is 0 Å². The van der Waals surface area contributed by atoms with E-state index in [4.69, 9.17) is 9.47 Å². The van der Waals surface area contributed by atoms with Crippen LogP contribution in [0.4, 0.5) is 79.4 Å². The Morgan fingerprint density at radius 3 is 1.55 bits per heavy atom. The molecule has 1 aromatic carbocycles. The van der Waals surface area contributed by atoms with Gasteiger partial charge in [0.15, 0.2) is 0 Å². The van der Waals surface area contributed by atoms with E-state index in [1.54, 1.807) is 24.3 Å². The van der Waals surface area contributed by atoms with Gasteiger partial charge in [0.2, 0.25) is 5.91 Å². The molecule has 0 aromatic heterocycles. The number of nitrogens with one attached hydrogen (secondary N) is 1. The van der Waals surface area contributed by atoms with Gasteiger partial charge in [0.05, 0.1) is 7.11 Å². The molecule has 2 rings (SSSR count). The maximum atomic E-state index is 14.4. The lowest BCUT2D eigenvalue weighted by molar-refractivity contribution is -0.462. The fourth-order valence-electron chi connectivity index (χ4n) is 4.56. The van der Waals surface area contributed by atoms with Gasteiger partial charge in [0.1, 0.15) is 11.4 Å². The van der Waals surface area contributed by atoms with Crippen LogP contribution in [0.3, 0.4) is 0 Å². The molecule has 1 aromatic rings. The monoisotopic (exact) mass is 780 g/mol. The summed E-state index contributed by atoms with van der Waals surface area (Å²) >= 11 is 0. The minimum absolute atomic E-state index is 0.0378. The van der Waals surface area contributed by atoms with Crippen molar-refractivity contribution in [1.82, 2.24) is 10.2 Å². The minimum Gasteiger partial charge on any atom is -0.497 e. The van der Waals surface area contributed by atoms with Gasteiger partial charge in [-0.2, -0.15) is 74.6 Å². The fourth-order valence-corrected chi connectivity index (χ4v) is 4.56. The molecule has 294 valence electrons. The van der Waals surface area contributed by atoms with E-state index in [1.807, 2.05) is 0 Å². The Balaban J connectivity index is 2.07. The lowest BCUT2D eigenvalue weighted by atomic mass is 9.87. The number of nitrogens with zero attached hydrogens (tertiary/aromatic N) is 1. The number of benzene rings is 1. The Morgan fingerprint density at radius 2 is 1.12 bits per heavy atom. The van der Waals surface area contributed by atoms with Crippen LogP contribution in [0.25, 0.3) is 0 Å². The lowest BCUT2D eigenvalue weighted by Gasteiger charge is -2.43. The number of hydrogen-bond donors (Lipinski definition) is 1. The molecular formula is C28H29F17N2O4. The number of methoxy groups -OCH3 is 1. The standard InChI is InChI=1S/C28H29F17N2O4/c1-20(2,51-19(49)47-12-8-16(9-13-47)18(48)46-14-15-4-6-17(50-3)7-5-15)10-11-21(29,30)22(31,32)23(33,34)24(35,36)25(37,38)26(39,40)27(41,42)28(43,44)45/h4-7,16H,8-14H2,1-3H3,(H,46,48). The zero-order chi connectivity index (χ0) is 39.9. The molecule has 1 saturated heterocycles. The summed E-state index contributed by atoms with van der Waals surface area (Å²) in [4.78, 5) is 26.0. The normalized spacial score (nSPS) is 16.6. The number of carbonyl (C=O) groups excluding carboxylic acids is 2. The second kappa shape index (κ2) is 14.2. The summed E-state index contributed by atoms with van der Waals surface area (Å²) in [6.07, 6.45) is -13.5. The van der Waals surface area contributed by atoms with Crippen molar-refractivity contribution >= 4 is 12.0 Å². The molecule has 1 aliphatic heterocycles. The quantitative estimate of drug-likeness (QED) is 0.192. The van der Waals surface area contributed by atoms with Crippen molar-refractivity contribution in [2.24, 2.45) is 5.92 Å². The number of hydrogen-bond acceptors (Lipinski definition) is 4. The van der Waals surface area contributed by atoms with E-state index in [-0.39, 0.29) is 32.5 Å². The van der Waals surface area contributed by atoms with Gasteiger partial charge < -0.3 is 19.7 Å². The van der Waals surface area contributed by atoms with Crippen molar-refractivity contribution in [3.05, 3.63) is 29.8 Å². The van der Waals surface area contributed by atoms with Crippen LogP contribution in [0.1, 0.15) is 45.1 Å². The molecule has 1 aliphatic rings. The van der Waals surface area contributed by atoms with E-state index in [2.05, 4.69) is 5.32 Å². The predicted molar refractivity (Wildman–Crippen MR) is 140 cm³/mol. The Labute approximate surface area is 277 Å². The number of carbonyl (C=O) groups is 2. The van der Waals surface area contributed by atoms with Crippen LogP contribution in [0.15, 0.2) is 24.3 Å². The first-order valence-corrected chi connectivity index (χ1v) is 14.3. The molecule has 1 N–H and O–H groups in total. The molecule has 51 heavy (non-hydrogen) atoms. The lowest BCUT2D eigenvalue weighted by Crippen LogP contribution is -2.74. The Kier molecular flexibility index (Phi) is 12.2. The molecule has 2 amide bonds. The molecule has 0 unspecified atom stereocenters. The largest absolute Gasteiger partial charge is 0.497 e. The maximum Gasteiger partial charge on any atom is 0.460 e. The van der Waals surface area contributed by atoms with E-state index >= 15 is 0 Å². The Morgan fingerprint density at radius 1 is 0.686 bits per heavy atom. The first-order chi connectivity index (χ1) is 22.7. The number of likely N-dealkylation sites (tertiary alicyclic amines) is 1. The SMILES string of the molecule is COc1ccc(CNC(=O)C2CCN(C(=O)OC(C)(C)CCC(F)(F)C(F)(F)C(F)(F)C(F)(F)C(F)(F)C(F)(F)C(F)(F)C(F)(F)F)CC2)cc1. The third kappa shape index (κ3) is 8.15. The summed E-state index contributed by atoms with van der Waals surface area (Å²) in [7, 11) is 1.45. The van der Waals surface area contributed by atoms with Gasteiger partial charge in [-0.25, -0.2) is 4.79 Å². The summed E-state index contributed by atoms with van der Waals surface area (Å²) in [5.41, 5.74) is -1.63. The van der Waals surface area contributed by atoms with Crippen molar-refractivity contribution in [2.45, 2.75) is 99.3 Å². The Bertz CT molecular complexity index is 1370. The smallest absolute Gasteiger partial charge is 0.460 e. The number of halogens is 17. The van der Waals surface area contributed by atoms with E-state index in [1.165, 1.54) is 7.11 Å². The average molecular weight is 781 g/mol. The maximum absolute atomic E-state index is 14.4. The molecule has 1 heterocycles.